The van der Waals surface area contributed by atoms with Crippen LogP contribution in [-0.4, -0.2) is 25.3 Å². The van der Waals surface area contributed by atoms with Gasteiger partial charge in [0.2, 0.25) is 0 Å². The summed E-state index contributed by atoms with van der Waals surface area (Å²) >= 11 is 0. The summed E-state index contributed by atoms with van der Waals surface area (Å²) in [6.45, 7) is 3.32. The molecule has 0 spiro atoms. The number of rotatable bonds is 3. The average molecular weight is 206 g/mol. The lowest BCUT2D eigenvalue weighted by molar-refractivity contribution is 0.250. The Morgan fingerprint density at radius 2 is 2.40 bits per heavy atom. The second-order valence-electron chi connectivity index (χ2n) is 3.66. The molecule has 1 aromatic carbocycles. The molecule has 0 radical (unpaired) electrons. The van der Waals surface area contributed by atoms with Crippen molar-refractivity contribution in [2.45, 2.75) is 13.0 Å². The van der Waals surface area contributed by atoms with Crippen molar-refractivity contribution >= 4 is 11.7 Å². The molecule has 2 N–H and O–H groups in total. The lowest BCUT2D eigenvalue weighted by Crippen LogP contribution is -2.31. The first kappa shape index (κ1) is 9.98. The summed E-state index contributed by atoms with van der Waals surface area (Å²) in [5.41, 5.74) is 1.93. The predicted octanol–water partition coefficient (Wildman–Crippen LogP) is 1.52. The van der Waals surface area contributed by atoms with Crippen molar-refractivity contribution in [1.29, 1.82) is 0 Å². The molecule has 1 aliphatic heterocycles. The Bertz CT molecular complexity index is 361. The van der Waals surface area contributed by atoms with Gasteiger partial charge in [0, 0.05) is 12.2 Å². The van der Waals surface area contributed by atoms with E-state index in [0.29, 0.717) is 6.54 Å². The molecule has 1 heterocycles. The number of hydrogen-bond acceptors (Lipinski definition) is 2. The summed E-state index contributed by atoms with van der Waals surface area (Å²) in [6.07, 6.45) is 0.216. The summed E-state index contributed by atoms with van der Waals surface area (Å²) in [4.78, 5) is 11.4. The zero-order valence-corrected chi connectivity index (χ0v) is 8.62. The number of aryl methyl sites for hydroxylation is 1. The smallest absolute Gasteiger partial charge is 0.319 e. The minimum atomic E-state index is -0.184. The van der Waals surface area contributed by atoms with E-state index in [1.165, 1.54) is 0 Å². The van der Waals surface area contributed by atoms with Crippen LogP contribution >= 0.6 is 0 Å². The Balaban J connectivity index is 1.81. The van der Waals surface area contributed by atoms with Crippen LogP contribution in [-0.2, 0) is 4.74 Å². The monoisotopic (exact) mass is 206 g/mol. The number of carbonyl (C=O) groups is 1. The number of nitrogens with one attached hydrogen (secondary N) is 2. The first-order valence-electron chi connectivity index (χ1n) is 4.97. The quantitative estimate of drug-likeness (QED) is 0.736. The molecular weight excluding hydrogens is 192 g/mol. The highest BCUT2D eigenvalue weighted by Crippen LogP contribution is 2.09. The molecule has 0 aromatic heterocycles. The van der Waals surface area contributed by atoms with Crippen LogP contribution in [0.25, 0.3) is 0 Å². The maximum atomic E-state index is 11.4. The molecule has 80 valence electrons. The van der Waals surface area contributed by atoms with Crippen LogP contribution in [0.15, 0.2) is 24.3 Å². The van der Waals surface area contributed by atoms with E-state index in [4.69, 9.17) is 4.74 Å². The third-order valence-electron chi connectivity index (χ3n) is 2.17. The number of epoxide rings is 1. The van der Waals surface area contributed by atoms with Crippen molar-refractivity contribution in [3.05, 3.63) is 29.8 Å². The second kappa shape index (κ2) is 4.31. The number of carbonyl (C=O) groups excluding carboxylic acids is 1. The second-order valence-corrected chi connectivity index (χ2v) is 3.66. The summed E-state index contributed by atoms with van der Waals surface area (Å²) in [5, 5.41) is 5.50. The van der Waals surface area contributed by atoms with Gasteiger partial charge in [-0.25, -0.2) is 4.79 Å². The summed E-state index contributed by atoms with van der Waals surface area (Å²) in [7, 11) is 0. The van der Waals surface area contributed by atoms with Crippen LogP contribution in [0.4, 0.5) is 10.5 Å². The van der Waals surface area contributed by atoms with E-state index in [2.05, 4.69) is 10.6 Å². The zero-order valence-electron chi connectivity index (χ0n) is 8.62. The lowest BCUT2D eigenvalue weighted by Gasteiger charge is -2.06. The normalized spacial score (nSPS) is 18.3. The van der Waals surface area contributed by atoms with E-state index in [-0.39, 0.29) is 12.1 Å². The molecule has 1 atom stereocenters. The summed E-state index contributed by atoms with van der Waals surface area (Å²) < 4.78 is 4.99. The van der Waals surface area contributed by atoms with Crippen molar-refractivity contribution in [2.75, 3.05) is 18.5 Å². The Hall–Kier alpha value is -1.55. The van der Waals surface area contributed by atoms with Gasteiger partial charge in [0.25, 0.3) is 0 Å². The SMILES string of the molecule is Cc1cccc(NC(=O)NC[C@H]2CO2)c1. The minimum absolute atomic E-state index is 0.184. The summed E-state index contributed by atoms with van der Waals surface area (Å²) in [5.74, 6) is 0. The van der Waals surface area contributed by atoms with E-state index >= 15 is 0 Å². The van der Waals surface area contributed by atoms with Crippen molar-refractivity contribution < 1.29 is 9.53 Å². The van der Waals surface area contributed by atoms with Gasteiger partial charge in [-0.15, -0.1) is 0 Å². The molecule has 4 nitrogen and oxygen atoms in total. The number of hydrogen-bond donors (Lipinski definition) is 2. The van der Waals surface area contributed by atoms with Crippen LogP contribution in [0.3, 0.4) is 0 Å². The molecule has 1 saturated heterocycles. The third kappa shape index (κ3) is 3.25. The van der Waals surface area contributed by atoms with Crippen LogP contribution in [0.5, 0.6) is 0 Å². The number of ether oxygens (including phenoxy) is 1. The molecule has 1 aliphatic rings. The van der Waals surface area contributed by atoms with E-state index in [1.807, 2.05) is 31.2 Å². The number of amides is 2. The number of anilines is 1. The van der Waals surface area contributed by atoms with Gasteiger partial charge in [-0.05, 0) is 24.6 Å². The van der Waals surface area contributed by atoms with Gasteiger partial charge in [0.1, 0.15) is 0 Å². The van der Waals surface area contributed by atoms with Crippen molar-refractivity contribution in [1.82, 2.24) is 5.32 Å². The minimum Gasteiger partial charge on any atom is -0.371 e. The van der Waals surface area contributed by atoms with Gasteiger partial charge in [0.05, 0.1) is 12.7 Å². The van der Waals surface area contributed by atoms with E-state index in [0.717, 1.165) is 17.9 Å². The topological polar surface area (TPSA) is 53.7 Å². The highest BCUT2D eigenvalue weighted by atomic mass is 16.6. The highest BCUT2D eigenvalue weighted by molar-refractivity contribution is 5.89. The Morgan fingerprint density at radius 1 is 1.60 bits per heavy atom. The molecular formula is C11H14N2O2. The third-order valence-corrected chi connectivity index (χ3v) is 2.17. The molecule has 0 unspecified atom stereocenters. The molecule has 0 aliphatic carbocycles. The number of urea groups is 1. The Labute approximate surface area is 88.6 Å². The molecule has 0 saturated carbocycles. The van der Waals surface area contributed by atoms with Crippen molar-refractivity contribution in [2.24, 2.45) is 0 Å². The van der Waals surface area contributed by atoms with Gasteiger partial charge in [0.15, 0.2) is 0 Å². The van der Waals surface area contributed by atoms with Crippen LogP contribution in [0, 0.1) is 6.92 Å². The molecule has 2 amide bonds. The molecule has 4 heteroatoms. The molecule has 1 aromatic rings. The highest BCUT2D eigenvalue weighted by Gasteiger charge is 2.22. The maximum absolute atomic E-state index is 11.4. The fourth-order valence-electron chi connectivity index (χ4n) is 1.29. The maximum Gasteiger partial charge on any atom is 0.319 e. The largest absolute Gasteiger partial charge is 0.371 e. The summed E-state index contributed by atoms with van der Waals surface area (Å²) in [6, 6.07) is 7.50. The first-order valence-corrected chi connectivity index (χ1v) is 4.97. The van der Waals surface area contributed by atoms with Gasteiger partial charge >= 0.3 is 6.03 Å². The van der Waals surface area contributed by atoms with E-state index in [9.17, 15) is 4.79 Å². The van der Waals surface area contributed by atoms with E-state index in [1.54, 1.807) is 0 Å². The van der Waals surface area contributed by atoms with Crippen LogP contribution in [0.2, 0.25) is 0 Å². The molecule has 2 rings (SSSR count). The van der Waals surface area contributed by atoms with Gasteiger partial charge in [-0.3, -0.25) is 0 Å². The van der Waals surface area contributed by atoms with Crippen LogP contribution in [0.1, 0.15) is 5.56 Å². The van der Waals surface area contributed by atoms with Gasteiger partial charge < -0.3 is 15.4 Å². The average Bonchev–Trinajstić information content (AvgIpc) is 2.98. The van der Waals surface area contributed by atoms with Crippen molar-refractivity contribution in [3.63, 3.8) is 0 Å². The van der Waals surface area contributed by atoms with Gasteiger partial charge in [-0.2, -0.15) is 0 Å². The fourth-order valence-corrected chi connectivity index (χ4v) is 1.29. The Morgan fingerprint density at radius 3 is 3.07 bits per heavy atom. The predicted molar refractivity (Wildman–Crippen MR) is 57.9 cm³/mol. The first-order chi connectivity index (χ1) is 7.24. The molecule has 1 fully saturated rings. The standard InChI is InChI=1S/C11H14N2O2/c1-8-3-2-4-9(5-8)13-11(14)12-6-10-7-15-10/h2-5,10H,6-7H2,1H3,(H2,12,13,14)/t10-/m0/s1. The van der Waals surface area contributed by atoms with E-state index < -0.39 is 0 Å². The molecule has 0 bridgehead atoms. The Kier molecular flexibility index (Phi) is 2.87. The van der Waals surface area contributed by atoms with Gasteiger partial charge in [-0.1, -0.05) is 12.1 Å². The van der Waals surface area contributed by atoms with Crippen molar-refractivity contribution in [3.8, 4) is 0 Å². The number of benzene rings is 1. The van der Waals surface area contributed by atoms with Crippen LogP contribution < -0.4 is 10.6 Å². The fraction of sp³-hybridized carbons (Fsp3) is 0.364. The molecule has 15 heavy (non-hydrogen) atoms. The zero-order chi connectivity index (χ0) is 10.7. The lowest BCUT2D eigenvalue weighted by atomic mass is 10.2.